The lowest BCUT2D eigenvalue weighted by molar-refractivity contribution is 0.807. The Morgan fingerprint density at radius 3 is 3.17 bits per heavy atom. The van der Waals surface area contributed by atoms with E-state index in [9.17, 15) is 0 Å². The minimum absolute atomic E-state index is 1.11. The highest BCUT2D eigenvalue weighted by atomic mass is 14.7. The van der Waals surface area contributed by atoms with Crippen molar-refractivity contribution in [2.75, 3.05) is 7.05 Å². The summed E-state index contributed by atoms with van der Waals surface area (Å²) in [7, 11) is 1.86. The summed E-state index contributed by atoms with van der Waals surface area (Å²) in [5.41, 5.74) is 3.68. The van der Waals surface area contributed by atoms with Crippen molar-refractivity contribution in [2.45, 2.75) is 19.3 Å². The maximum absolute atomic E-state index is 4.34. The Hall–Kier alpha value is -1.18. The zero-order chi connectivity index (χ0) is 8.39. The molecule has 1 aliphatic rings. The average molecular weight is 160 g/mol. The van der Waals surface area contributed by atoms with Gasteiger partial charge in [-0.1, -0.05) is 0 Å². The maximum Gasteiger partial charge on any atom is 0.0494 e. The topological polar surface area (TPSA) is 25.2 Å². The van der Waals surface area contributed by atoms with Gasteiger partial charge in [-0.05, 0) is 31.4 Å². The number of aryl methyl sites for hydroxylation is 1. The molecule has 2 nitrogen and oxygen atoms in total. The first-order valence-corrected chi connectivity index (χ1v) is 4.32. The fourth-order valence-corrected chi connectivity index (χ4v) is 1.69. The molecular formula is C10H12N2. The van der Waals surface area contributed by atoms with Crippen molar-refractivity contribution >= 4 is 5.71 Å². The van der Waals surface area contributed by atoms with E-state index >= 15 is 0 Å². The monoisotopic (exact) mass is 160 g/mol. The molecule has 0 aromatic carbocycles. The van der Waals surface area contributed by atoms with E-state index in [0.29, 0.717) is 0 Å². The summed E-state index contributed by atoms with van der Waals surface area (Å²) in [5.74, 6) is 0. The second kappa shape index (κ2) is 3.05. The van der Waals surface area contributed by atoms with Crippen LogP contribution < -0.4 is 0 Å². The van der Waals surface area contributed by atoms with Gasteiger partial charge in [-0.3, -0.25) is 9.98 Å². The average Bonchev–Trinajstić information content (AvgIpc) is 2.17. The van der Waals surface area contributed by atoms with E-state index in [1.807, 2.05) is 19.3 Å². The third-order valence-electron chi connectivity index (χ3n) is 2.30. The number of aromatic nitrogens is 1. The van der Waals surface area contributed by atoms with Crippen molar-refractivity contribution in [2.24, 2.45) is 4.99 Å². The number of nitrogens with zero attached hydrogens (tertiary/aromatic N) is 2. The van der Waals surface area contributed by atoms with Crippen LogP contribution in [0.5, 0.6) is 0 Å². The predicted octanol–water partition coefficient (Wildman–Crippen LogP) is 1.84. The molecule has 2 heteroatoms. The van der Waals surface area contributed by atoms with Gasteiger partial charge in [0.1, 0.15) is 0 Å². The Morgan fingerprint density at radius 2 is 2.33 bits per heavy atom. The summed E-state index contributed by atoms with van der Waals surface area (Å²) in [4.78, 5) is 8.60. The third-order valence-corrected chi connectivity index (χ3v) is 2.30. The summed E-state index contributed by atoms with van der Waals surface area (Å²) >= 11 is 0. The van der Waals surface area contributed by atoms with E-state index in [2.05, 4.69) is 16.0 Å². The van der Waals surface area contributed by atoms with E-state index in [-0.39, 0.29) is 0 Å². The quantitative estimate of drug-likeness (QED) is 0.568. The number of fused-ring (bicyclic) bond motifs is 1. The Morgan fingerprint density at radius 1 is 1.42 bits per heavy atom. The minimum Gasteiger partial charge on any atom is -0.292 e. The molecule has 0 fully saturated rings. The van der Waals surface area contributed by atoms with E-state index in [4.69, 9.17) is 0 Å². The maximum atomic E-state index is 4.34. The summed E-state index contributed by atoms with van der Waals surface area (Å²) in [6.45, 7) is 0. The van der Waals surface area contributed by atoms with Crippen molar-refractivity contribution in [1.29, 1.82) is 0 Å². The Balaban J connectivity index is 2.51. The van der Waals surface area contributed by atoms with E-state index in [1.165, 1.54) is 23.4 Å². The van der Waals surface area contributed by atoms with Crippen LogP contribution in [-0.4, -0.2) is 17.7 Å². The summed E-state index contributed by atoms with van der Waals surface area (Å²) in [5, 5.41) is 0. The molecule has 0 saturated heterocycles. The number of hydrogen-bond donors (Lipinski definition) is 0. The highest BCUT2D eigenvalue weighted by molar-refractivity contribution is 6.02. The van der Waals surface area contributed by atoms with Gasteiger partial charge in [-0.15, -0.1) is 0 Å². The second-order valence-electron chi connectivity index (χ2n) is 3.02. The van der Waals surface area contributed by atoms with Gasteiger partial charge in [-0.2, -0.15) is 0 Å². The van der Waals surface area contributed by atoms with Crippen molar-refractivity contribution in [3.8, 4) is 0 Å². The number of rotatable bonds is 0. The first-order chi connectivity index (χ1) is 5.92. The van der Waals surface area contributed by atoms with Gasteiger partial charge in [0.25, 0.3) is 0 Å². The highest BCUT2D eigenvalue weighted by Gasteiger charge is 2.14. The molecule has 0 N–H and O–H groups in total. The first-order valence-electron chi connectivity index (χ1n) is 4.32. The standard InChI is InChI=1S/C10H12N2/c1-11-9-5-2-6-10-8(9)4-3-7-12-10/h3-4,7H,2,5-6H2,1H3. The lowest BCUT2D eigenvalue weighted by Gasteiger charge is -2.15. The van der Waals surface area contributed by atoms with Gasteiger partial charge in [0.05, 0.1) is 0 Å². The van der Waals surface area contributed by atoms with Crippen LogP contribution in [-0.2, 0) is 6.42 Å². The molecule has 0 radical (unpaired) electrons. The lowest BCUT2D eigenvalue weighted by Crippen LogP contribution is -2.12. The van der Waals surface area contributed by atoms with Crippen molar-refractivity contribution in [1.82, 2.24) is 4.98 Å². The van der Waals surface area contributed by atoms with Crippen LogP contribution >= 0.6 is 0 Å². The molecule has 1 heterocycles. The van der Waals surface area contributed by atoms with Crippen LogP contribution in [0.1, 0.15) is 24.1 Å². The highest BCUT2D eigenvalue weighted by Crippen LogP contribution is 2.18. The molecule has 1 aliphatic carbocycles. The minimum atomic E-state index is 1.11. The molecule has 0 unspecified atom stereocenters. The molecule has 0 aliphatic heterocycles. The molecule has 62 valence electrons. The van der Waals surface area contributed by atoms with Gasteiger partial charge < -0.3 is 0 Å². The molecule has 0 saturated carbocycles. The number of pyridine rings is 1. The smallest absolute Gasteiger partial charge is 0.0494 e. The van der Waals surface area contributed by atoms with Crippen LogP contribution in [0.4, 0.5) is 0 Å². The Labute approximate surface area is 72.4 Å². The molecule has 1 aromatic rings. The molecule has 1 aromatic heterocycles. The molecule has 12 heavy (non-hydrogen) atoms. The van der Waals surface area contributed by atoms with Crippen LogP contribution in [0, 0.1) is 0 Å². The summed E-state index contributed by atoms with van der Waals surface area (Å²) < 4.78 is 0. The predicted molar refractivity (Wildman–Crippen MR) is 49.6 cm³/mol. The van der Waals surface area contributed by atoms with E-state index in [1.54, 1.807) is 0 Å². The van der Waals surface area contributed by atoms with Crippen LogP contribution in [0.3, 0.4) is 0 Å². The van der Waals surface area contributed by atoms with Crippen molar-refractivity contribution in [3.05, 3.63) is 29.6 Å². The molecule has 0 spiro atoms. The molecule has 0 amide bonds. The van der Waals surface area contributed by atoms with Gasteiger partial charge in [-0.25, -0.2) is 0 Å². The fraction of sp³-hybridized carbons (Fsp3) is 0.400. The molecular weight excluding hydrogens is 148 g/mol. The fourth-order valence-electron chi connectivity index (χ4n) is 1.69. The normalized spacial score (nSPS) is 19.2. The lowest BCUT2D eigenvalue weighted by atomic mass is 9.94. The molecule has 0 bridgehead atoms. The molecule has 2 rings (SSSR count). The van der Waals surface area contributed by atoms with Gasteiger partial charge in [0.15, 0.2) is 0 Å². The van der Waals surface area contributed by atoms with Gasteiger partial charge >= 0.3 is 0 Å². The zero-order valence-corrected chi connectivity index (χ0v) is 7.25. The third kappa shape index (κ3) is 1.13. The zero-order valence-electron chi connectivity index (χ0n) is 7.25. The van der Waals surface area contributed by atoms with Crippen molar-refractivity contribution in [3.63, 3.8) is 0 Å². The van der Waals surface area contributed by atoms with E-state index < -0.39 is 0 Å². The first kappa shape index (κ1) is 7.47. The van der Waals surface area contributed by atoms with Gasteiger partial charge in [0.2, 0.25) is 0 Å². The second-order valence-corrected chi connectivity index (χ2v) is 3.02. The van der Waals surface area contributed by atoms with Crippen LogP contribution in [0.15, 0.2) is 23.3 Å². The summed E-state index contributed by atoms with van der Waals surface area (Å²) in [6, 6.07) is 4.10. The van der Waals surface area contributed by atoms with Crippen LogP contribution in [0.25, 0.3) is 0 Å². The largest absolute Gasteiger partial charge is 0.292 e. The SMILES string of the molecule is CN=C1CCCc2ncccc21. The molecule has 0 atom stereocenters. The van der Waals surface area contributed by atoms with Gasteiger partial charge in [0, 0.05) is 30.2 Å². The Kier molecular flexibility index (Phi) is 1.90. The van der Waals surface area contributed by atoms with Crippen LogP contribution in [0.2, 0.25) is 0 Å². The summed E-state index contributed by atoms with van der Waals surface area (Å²) in [6.07, 6.45) is 5.26. The number of aliphatic imine (C=N–C) groups is 1. The van der Waals surface area contributed by atoms with Crippen molar-refractivity contribution < 1.29 is 0 Å². The van der Waals surface area contributed by atoms with E-state index in [0.717, 1.165) is 12.8 Å². The Bertz CT molecular complexity index is 315. The number of hydrogen-bond acceptors (Lipinski definition) is 2.